The molecule has 0 saturated heterocycles. The zero-order valence-electron chi connectivity index (χ0n) is 6.95. The Balaban J connectivity index is 2.59. The van der Waals surface area contributed by atoms with Gasteiger partial charge >= 0.3 is 0 Å². The van der Waals surface area contributed by atoms with Crippen LogP contribution in [0.1, 0.15) is 13.3 Å². The third-order valence-electron chi connectivity index (χ3n) is 1.48. The van der Waals surface area contributed by atoms with E-state index >= 15 is 0 Å². The molecule has 0 aliphatic heterocycles. The molecule has 1 rings (SSSR count). The molecule has 62 valence electrons. The molecule has 1 aliphatic rings. The van der Waals surface area contributed by atoms with Crippen molar-refractivity contribution in [1.29, 1.82) is 5.26 Å². The van der Waals surface area contributed by atoms with Gasteiger partial charge in [-0.15, -0.1) is 0 Å². The fourth-order valence-electron chi connectivity index (χ4n) is 0.894. The van der Waals surface area contributed by atoms with Gasteiger partial charge in [0.25, 0.3) is 0 Å². The van der Waals surface area contributed by atoms with Gasteiger partial charge in [0.1, 0.15) is 6.07 Å². The second-order valence-electron chi connectivity index (χ2n) is 2.27. The van der Waals surface area contributed by atoms with E-state index in [1.165, 1.54) is 6.40 Å². The highest BCUT2D eigenvalue weighted by Gasteiger charge is 2.05. The van der Waals surface area contributed by atoms with Crippen molar-refractivity contribution < 1.29 is 4.74 Å². The highest BCUT2D eigenvalue weighted by Crippen LogP contribution is 2.18. The van der Waals surface area contributed by atoms with Crippen LogP contribution in [0, 0.1) is 11.3 Å². The highest BCUT2D eigenvalue weighted by molar-refractivity contribution is 5.53. The van der Waals surface area contributed by atoms with E-state index in [0.29, 0.717) is 12.2 Å². The smallest absolute Gasteiger partial charge is 0.174 e. The molecule has 1 aliphatic carbocycles. The molecule has 0 aromatic heterocycles. The highest BCUT2D eigenvalue weighted by atomic mass is 16.5. The minimum atomic E-state index is 0.603. The average molecular weight is 162 g/mol. The molecule has 0 spiro atoms. The SMILES string of the molecule is CCOC=NC1=C(C#N)C=CC1. The van der Waals surface area contributed by atoms with Gasteiger partial charge in [-0.1, -0.05) is 6.08 Å². The molecule has 0 bridgehead atoms. The Morgan fingerprint density at radius 2 is 2.67 bits per heavy atom. The summed E-state index contributed by atoms with van der Waals surface area (Å²) in [5, 5.41) is 8.62. The van der Waals surface area contributed by atoms with Crippen LogP contribution in [0.3, 0.4) is 0 Å². The largest absolute Gasteiger partial charge is 0.483 e. The third-order valence-corrected chi connectivity index (χ3v) is 1.48. The number of ether oxygens (including phenoxy) is 1. The van der Waals surface area contributed by atoms with Crippen LogP contribution in [-0.2, 0) is 4.74 Å². The normalized spacial score (nSPS) is 15.7. The van der Waals surface area contributed by atoms with Crippen LogP contribution in [-0.4, -0.2) is 13.0 Å². The van der Waals surface area contributed by atoms with Gasteiger partial charge in [0.05, 0.1) is 17.9 Å². The molecule has 3 nitrogen and oxygen atoms in total. The summed E-state index contributed by atoms with van der Waals surface area (Å²) in [7, 11) is 0. The number of allylic oxidation sites excluding steroid dienone is 3. The summed E-state index contributed by atoms with van der Waals surface area (Å²) in [6.45, 7) is 2.49. The Hall–Kier alpha value is -1.56. The van der Waals surface area contributed by atoms with Gasteiger partial charge in [0.2, 0.25) is 0 Å². The van der Waals surface area contributed by atoms with E-state index in [0.717, 1.165) is 12.1 Å². The van der Waals surface area contributed by atoms with Crippen molar-refractivity contribution in [2.75, 3.05) is 6.61 Å². The first-order valence-electron chi connectivity index (χ1n) is 3.82. The van der Waals surface area contributed by atoms with Crippen molar-refractivity contribution in [1.82, 2.24) is 0 Å². The van der Waals surface area contributed by atoms with E-state index in [9.17, 15) is 0 Å². The average Bonchev–Trinajstić information content (AvgIpc) is 2.52. The van der Waals surface area contributed by atoms with Gasteiger partial charge in [-0.25, -0.2) is 4.99 Å². The van der Waals surface area contributed by atoms with Crippen molar-refractivity contribution in [3.63, 3.8) is 0 Å². The van der Waals surface area contributed by atoms with E-state index < -0.39 is 0 Å². The molecule has 0 aromatic carbocycles. The van der Waals surface area contributed by atoms with Gasteiger partial charge in [-0.2, -0.15) is 5.26 Å². The molecule has 0 amide bonds. The quantitative estimate of drug-likeness (QED) is 0.469. The zero-order valence-corrected chi connectivity index (χ0v) is 6.95. The number of aliphatic imine (C=N–C) groups is 1. The van der Waals surface area contributed by atoms with E-state index in [-0.39, 0.29) is 0 Å². The standard InChI is InChI=1S/C9H10N2O/c1-2-12-7-11-9-5-3-4-8(9)6-10/h3-4,7H,2,5H2,1H3. The van der Waals surface area contributed by atoms with Crippen LogP contribution >= 0.6 is 0 Å². The van der Waals surface area contributed by atoms with E-state index in [1.54, 1.807) is 6.08 Å². The summed E-state index contributed by atoms with van der Waals surface area (Å²) in [4.78, 5) is 4.01. The molecule has 3 heteroatoms. The van der Waals surface area contributed by atoms with Crippen molar-refractivity contribution in [3.05, 3.63) is 23.4 Å². The van der Waals surface area contributed by atoms with Crippen molar-refractivity contribution in [2.45, 2.75) is 13.3 Å². The number of rotatable bonds is 3. The summed E-state index contributed by atoms with van der Waals surface area (Å²) < 4.78 is 4.93. The monoisotopic (exact) mass is 162 g/mol. The van der Waals surface area contributed by atoms with Gasteiger partial charge < -0.3 is 4.74 Å². The molecule has 0 unspecified atom stereocenters. The van der Waals surface area contributed by atoms with Crippen LogP contribution in [0.2, 0.25) is 0 Å². The Morgan fingerprint density at radius 1 is 1.83 bits per heavy atom. The number of hydrogen-bond donors (Lipinski definition) is 0. The topological polar surface area (TPSA) is 45.4 Å². The Labute approximate surface area is 71.7 Å². The molecular weight excluding hydrogens is 152 g/mol. The van der Waals surface area contributed by atoms with E-state index in [1.807, 2.05) is 13.0 Å². The molecule has 0 aromatic rings. The molecule has 0 radical (unpaired) electrons. The molecule has 0 heterocycles. The summed E-state index contributed by atoms with van der Waals surface area (Å²) in [6.07, 6.45) is 5.81. The van der Waals surface area contributed by atoms with E-state index in [2.05, 4.69) is 11.1 Å². The first-order valence-corrected chi connectivity index (χ1v) is 3.82. The number of hydrogen-bond acceptors (Lipinski definition) is 3. The molecule has 0 N–H and O–H groups in total. The minimum Gasteiger partial charge on any atom is -0.483 e. The first kappa shape index (κ1) is 8.54. The predicted octanol–water partition coefficient (Wildman–Crippen LogP) is 1.79. The van der Waals surface area contributed by atoms with Crippen molar-refractivity contribution in [2.24, 2.45) is 4.99 Å². The van der Waals surface area contributed by atoms with Gasteiger partial charge in [-0.3, -0.25) is 0 Å². The molecule has 0 saturated carbocycles. The lowest BCUT2D eigenvalue weighted by Gasteiger charge is -1.94. The van der Waals surface area contributed by atoms with Crippen LogP contribution < -0.4 is 0 Å². The maximum Gasteiger partial charge on any atom is 0.174 e. The Morgan fingerprint density at radius 3 is 3.33 bits per heavy atom. The van der Waals surface area contributed by atoms with Gasteiger partial charge in [0, 0.05) is 6.42 Å². The predicted molar refractivity (Wildman–Crippen MR) is 46.5 cm³/mol. The van der Waals surface area contributed by atoms with Crippen molar-refractivity contribution >= 4 is 6.40 Å². The van der Waals surface area contributed by atoms with Gasteiger partial charge in [0.15, 0.2) is 6.40 Å². The summed E-state index contributed by atoms with van der Waals surface area (Å²) in [5.74, 6) is 0. The van der Waals surface area contributed by atoms with Crippen LogP contribution in [0.25, 0.3) is 0 Å². The second kappa shape index (κ2) is 4.35. The zero-order chi connectivity index (χ0) is 8.81. The maximum atomic E-state index is 8.62. The lowest BCUT2D eigenvalue weighted by atomic mass is 10.3. The fourth-order valence-corrected chi connectivity index (χ4v) is 0.894. The van der Waals surface area contributed by atoms with Crippen molar-refractivity contribution in [3.8, 4) is 6.07 Å². The van der Waals surface area contributed by atoms with E-state index in [4.69, 9.17) is 10.00 Å². The molecule has 0 fully saturated rings. The lowest BCUT2D eigenvalue weighted by Crippen LogP contribution is -1.86. The van der Waals surface area contributed by atoms with Crippen LogP contribution in [0.4, 0.5) is 0 Å². The summed E-state index contributed by atoms with van der Waals surface area (Å²) >= 11 is 0. The molecule has 0 atom stereocenters. The van der Waals surface area contributed by atoms with Crippen LogP contribution in [0.5, 0.6) is 0 Å². The second-order valence-corrected chi connectivity index (χ2v) is 2.27. The summed E-state index contributed by atoms with van der Waals surface area (Å²) in [6, 6.07) is 2.06. The number of nitrogens with zero attached hydrogens (tertiary/aromatic N) is 2. The number of nitriles is 1. The van der Waals surface area contributed by atoms with Gasteiger partial charge in [-0.05, 0) is 13.0 Å². The lowest BCUT2D eigenvalue weighted by molar-refractivity contribution is 0.343. The Bertz CT molecular complexity index is 281. The molecule has 12 heavy (non-hydrogen) atoms. The first-order chi connectivity index (χ1) is 5.88. The summed E-state index contributed by atoms with van der Waals surface area (Å²) in [5.41, 5.74) is 1.41. The fraction of sp³-hybridized carbons (Fsp3) is 0.333. The van der Waals surface area contributed by atoms with Crippen LogP contribution in [0.15, 0.2) is 28.4 Å². The minimum absolute atomic E-state index is 0.603. The Kier molecular flexibility index (Phi) is 3.09. The molecular formula is C9H10N2O. The maximum absolute atomic E-state index is 8.62. The third kappa shape index (κ3) is 1.96.